The fourth-order valence-electron chi connectivity index (χ4n) is 4.12. The number of aliphatic hydroxyl groups excluding tert-OH is 1. The lowest BCUT2D eigenvalue weighted by molar-refractivity contribution is -0.178. The molecule has 0 spiro atoms. The lowest BCUT2D eigenvalue weighted by atomic mass is 9.87. The van der Waals surface area contributed by atoms with Crippen molar-refractivity contribution in [3.05, 3.63) is 40.3 Å². The number of esters is 1. The van der Waals surface area contributed by atoms with E-state index in [1.54, 1.807) is 14.0 Å². The van der Waals surface area contributed by atoms with Crippen LogP contribution in [0.15, 0.2) is 29.4 Å². The number of benzene rings is 1. The molecule has 2 rings (SSSR count). The van der Waals surface area contributed by atoms with Gasteiger partial charge in [-0.05, 0) is 47.9 Å². The van der Waals surface area contributed by atoms with Crippen molar-refractivity contribution < 1.29 is 28.9 Å². The number of cyclic esters (lactones) is 1. The topological polar surface area (TPSA) is 131 Å². The molecule has 1 aromatic carbocycles. The van der Waals surface area contributed by atoms with Crippen LogP contribution in [0.4, 0.5) is 0 Å². The molecule has 182 valence electrons. The van der Waals surface area contributed by atoms with Gasteiger partial charge in [0.05, 0.1) is 19.8 Å². The summed E-state index contributed by atoms with van der Waals surface area (Å²) in [7, 11) is 1.59. The Labute approximate surface area is 195 Å². The van der Waals surface area contributed by atoms with Gasteiger partial charge in [0.15, 0.2) is 0 Å². The van der Waals surface area contributed by atoms with E-state index in [-0.39, 0.29) is 42.5 Å². The van der Waals surface area contributed by atoms with Crippen molar-refractivity contribution in [3.63, 3.8) is 0 Å². The van der Waals surface area contributed by atoms with Crippen LogP contribution in [-0.2, 0) is 25.7 Å². The van der Waals surface area contributed by atoms with E-state index >= 15 is 0 Å². The van der Waals surface area contributed by atoms with E-state index in [0.29, 0.717) is 25.8 Å². The summed E-state index contributed by atoms with van der Waals surface area (Å²) in [6, 6.07) is 7.34. The number of methoxy groups -OCH3 is 1. The fourth-order valence-corrected chi connectivity index (χ4v) is 4.12. The van der Waals surface area contributed by atoms with E-state index in [9.17, 15) is 14.7 Å². The molecule has 1 aliphatic heterocycles. The molecule has 6 atom stereocenters. The molecular formula is C24H35N3O6. The maximum Gasteiger partial charge on any atom is 0.306 e. The van der Waals surface area contributed by atoms with Gasteiger partial charge in [-0.15, -0.1) is 0 Å². The van der Waals surface area contributed by atoms with Gasteiger partial charge in [-0.3, -0.25) is 9.59 Å². The van der Waals surface area contributed by atoms with E-state index in [2.05, 4.69) is 10.0 Å². The van der Waals surface area contributed by atoms with E-state index < -0.39 is 18.3 Å². The molecule has 1 N–H and O–H groups in total. The summed E-state index contributed by atoms with van der Waals surface area (Å²) in [4.78, 5) is 27.6. The Morgan fingerprint density at radius 2 is 2.03 bits per heavy atom. The van der Waals surface area contributed by atoms with Gasteiger partial charge in [-0.2, -0.15) is 0 Å². The van der Waals surface area contributed by atoms with Gasteiger partial charge in [-0.1, -0.05) is 38.0 Å². The molecule has 9 nitrogen and oxygen atoms in total. The lowest BCUT2D eigenvalue weighted by Crippen LogP contribution is -2.46. The van der Waals surface area contributed by atoms with E-state index in [1.165, 1.54) is 0 Å². The zero-order valence-corrected chi connectivity index (χ0v) is 19.8. The van der Waals surface area contributed by atoms with Gasteiger partial charge < -0.3 is 19.3 Å². The average Bonchev–Trinajstić information content (AvgIpc) is 2.77. The molecule has 1 saturated heterocycles. The van der Waals surface area contributed by atoms with Crippen LogP contribution in [0.5, 0.6) is 5.75 Å². The van der Waals surface area contributed by atoms with Gasteiger partial charge in [0.2, 0.25) is 0 Å². The van der Waals surface area contributed by atoms with E-state index in [1.807, 2.05) is 38.1 Å². The van der Waals surface area contributed by atoms with Crippen molar-refractivity contribution in [1.82, 2.24) is 0 Å². The Balaban J connectivity index is 2.06. The molecule has 0 radical (unpaired) electrons. The number of Topliss-reactive ketones (excluding diaryl/α,β-unsaturated/α-hetero) is 1. The maximum absolute atomic E-state index is 12.8. The summed E-state index contributed by atoms with van der Waals surface area (Å²) in [5.41, 5.74) is 9.33. The molecule has 1 aliphatic rings. The predicted molar refractivity (Wildman–Crippen MR) is 122 cm³/mol. The third-order valence-electron chi connectivity index (χ3n) is 5.95. The monoisotopic (exact) mass is 461 g/mol. The molecular weight excluding hydrogens is 426 g/mol. The van der Waals surface area contributed by atoms with Crippen LogP contribution in [0.2, 0.25) is 0 Å². The average molecular weight is 462 g/mol. The van der Waals surface area contributed by atoms with Crippen molar-refractivity contribution in [1.29, 1.82) is 0 Å². The Bertz CT molecular complexity index is 824. The van der Waals surface area contributed by atoms with Crippen molar-refractivity contribution in [2.24, 2.45) is 22.9 Å². The molecule has 0 bridgehead atoms. The van der Waals surface area contributed by atoms with E-state index in [0.717, 1.165) is 11.3 Å². The molecule has 0 aliphatic carbocycles. The number of carbonyl (C=O) groups excluding carboxylic acids is 2. The third kappa shape index (κ3) is 8.68. The number of aliphatic hydroxyl groups is 1. The second-order valence-electron chi connectivity index (χ2n) is 9.09. The second-order valence-corrected chi connectivity index (χ2v) is 9.09. The van der Waals surface area contributed by atoms with Crippen molar-refractivity contribution in [2.75, 3.05) is 13.7 Å². The van der Waals surface area contributed by atoms with Crippen LogP contribution in [-0.4, -0.2) is 48.8 Å². The predicted octanol–water partition coefficient (Wildman–Crippen LogP) is 4.21. The highest BCUT2D eigenvalue weighted by Gasteiger charge is 2.38. The minimum Gasteiger partial charge on any atom is -0.497 e. The van der Waals surface area contributed by atoms with Gasteiger partial charge in [-0.25, -0.2) is 0 Å². The Morgan fingerprint density at radius 3 is 2.64 bits per heavy atom. The Hall–Kier alpha value is -2.61. The van der Waals surface area contributed by atoms with Crippen LogP contribution in [0.3, 0.4) is 0 Å². The number of rotatable bonds is 13. The molecule has 33 heavy (non-hydrogen) atoms. The Kier molecular flexibility index (Phi) is 10.6. The number of hydrogen-bond donors (Lipinski definition) is 1. The number of nitrogens with zero attached hydrogens (tertiary/aromatic N) is 3. The summed E-state index contributed by atoms with van der Waals surface area (Å²) in [5.74, 6) is 0.142. The summed E-state index contributed by atoms with van der Waals surface area (Å²) in [5, 5.41) is 14.5. The molecule has 0 unspecified atom stereocenters. The van der Waals surface area contributed by atoms with Gasteiger partial charge in [0, 0.05) is 30.2 Å². The first kappa shape index (κ1) is 26.6. The quantitative estimate of drug-likeness (QED) is 0.203. The first-order valence-corrected chi connectivity index (χ1v) is 11.4. The van der Waals surface area contributed by atoms with Crippen LogP contribution in [0.25, 0.3) is 10.4 Å². The number of hydrogen-bond acceptors (Lipinski definition) is 7. The summed E-state index contributed by atoms with van der Waals surface area (Å²) in [6.45, 7) is 6.19. The fraction of sp³-hybridized carbons (Fsp3) is 0.667. The molecule has 0 aromatic heterocycles. The number of carbonyl (C=O) groups is 2. The molecule has 0 saturated carbocycles. The van der Waals surface area contributed by atoms with Crippen LogP contribution in [0.1, 0.15) is 52.0 Å². The van der Waals surface area contributed by atoms with Crippen molar-refractivity contribution in [3.8, 4) is 5.75 Å². The highest BCUT2D eigenvalue weighted by atomic mass is 16.6. The summed E-state index contributed by atoms with van der Waals surface area (Å²) in [6.07, 6.45) is -1.23. The first-order valence-electron chi connectivity index (χ1n) is 11.4. The summed E-state index contributed by atoms with van der Waals surface area (Å²) < 4.78 is 16.7. The second kappa shape index (κ2) is 13.2. The standard InChI is InChI=1S/C24H35N3O6/c1-15-10-22(33-23(30)11-15)24(32-14-18-5-7-19(31-4)8-6-18)21(29)12-20(28)17(3)9-16(2)13-26-27-25/h5-8,15-17,21-22,24,29H,9-14H2,1-4H3/t15-,16+,17-,21-,22+,24-/m1/s1. The third-order valence-corrected chi connectivity index (χ3v) is 5.95. The van der Waals surface area contributed by atoms with Gasteiger partial charge in [0.1, 0.15) is 23.7 Å². The van der Waals surface area contributed by atoms with Crippen molar-refractivity contribution >= 4 is 11.8 Å². The summed E-state index contributed by atoms with van der Waals surface area (Å²) >= 11 is 0. The number of ketones is 1. The first-order chi connectivity index (χ1) is 15.7. The Morgan fingerprint density at radius 1 is 1.33 bits per heavy atom. The number of ether oxygens (including phenoxy) is 3. The largest absolute Gasteiger partial charge is 0.497 e. The van der Waals surface area contributed by atoms with Crippen LogP contribution >= 0.6 is 0 Å². The van der Waals surface area contributed by atoms with E-state index in [4.69, 9.17) is 19.7 Å². The van der Waals surface area contributed by atoms with Crippen LogP contribution in [0, 0.1) is 17.8 Å². The zero-order valence-electron chi connectivity index (χ0n) is 19.8. The SMILES string of the molecule is COc1ccc(CO[C@H]([C@H](O)CC(=O)[C@H](C)C[C@H](C)CN=[N+]=[N-])[C@@H]2C[C@@H](C)CC(=O)O2)cc1. The highest BCUT2D eigenvalue weighted by Crippen LogP contribution is 2.28. The highest BCUT2D eigenvalue weighted by molar-refractivity contribution is 5.81. The maximum atomic E-state index is 12.8. The van der Waals surface area contributed by atoms with Gasteiger partial charge >= 0.3 is 5.97 Å². The van der Waals surface area contributed by atoms with Crippen LogP contribution < -0.4 is 4.74 Å². The molecule has 1 fully saturated rings. The zero-order chi connectivity index (χ0) is 24.4. The molecule has 0 amide bonds. The van der Waals surface area contributed by atoms with Crippen molar-refractivity contribution in [2.45, 2.75) is 71.4 Å². The normalized spacial score (nSPS) is 21.8. The minimum atomic E-state index is -1.12. The molecule has 9 heteroatoms. The molecule has 1 aromatic rings. The molecule has 1 heterocycles. The lowest BCUT2D eigenvalue weighted by Gasteiger charge is -2.35. The minimum absolute atomic E-state index is 0.0549. The van der Waals surface area contributed by atoms with Gasteiger partial charge in [0.25, 0.3) is 0 Å². The smallest absolute Gasteiger partial charge is 0.306 e. The number of azide groups is 1.